The summed E-state index contributed by atoms with van der Waals surface area (Å²) in [4.78, 5) is 18.3. The molecule has 0 aliphatic carbocycles. The van der Waals surface area contributed by atoms with Gasteiger partial charge in [0.15, 0.2) is 0 Å². The lowest BCUT2D eigenvalue weighted by Crippen LogP contribution is -2.32. The first-order valence-corrected chi connectivity index (χ1v) is 7.51. The Morgan fingerprint density at radius 3 is 3.11 bits per heavy atom. The number of carbonyl (C=O) groups is 1. The van der Waals surface area contributed by atoms with Crippen LogP contribution in [0.1, 0.15) is 37.8 Å². The number of hydrogen-bond acceptors (Lipinski definition) is 4. The molecule has 0 saturated carbocycles. The molecule has 3 heterocycles. The van der Waals surface area contributed by atoms with E-state index in [9.17, 15) is 4.79 Å². The van der Waals surface area contributed by atoms with Crippen molar-refractivity contribution in [1.82, 2.24) is 9.88 Å². The summed E-state index contributed by atoms with van der Waals surface area (Å²) >= 11 is 1.58. The Kier molecular flexibility index (Phi) is 3.35. The largest absolute Gasteiger partial charge is 0.375 e. The zero-order valence-electron chi connectivity index (χ0n) is 10.4. The summed E-state index contributed by atoms with van der Waals surface area (Å²) in [6.45, 7) is 2.31. The maximum absolute atomic E-state index is 12.1. The van der Waals surface area contributed by atoms with Gasteiger partial charge in [0.25, 0.3) is 0 Å². The van der Waals surface area contributed by atoms with Crippen molar-refractivity contribution in [3.05, 3.63) is 16.6 Å². The van der Waals surface area contributed by atoms with E-state index >= 15 is 0 Å². The number of aromatic nitrogens is 1. The van der Waals surface area contributed by atoms with Crippen LogP contribution in [0.15, 0.2) is 10.9 Å². The number of carbonyl (C=O) groups excluding carboxylic acids is 1. The predicted octanol–water partition coefficient (Wildman–Crippen LogP) is 2.20. The Labute approximate surface area is 111 Å². The molecule has 0 radical (unpaired) electrons. The minimum Gasteiger partial charge on any atom is -0.375 e. The Bertz CT molecular complexity index is 413. The summed E-state index contributed by atoms with van der Waals surface area (Å²) in [5.41, 5.74) is 2.81. The predicted molar refractivity (Wildman–Crippen MR) is 69.3 cm³/mol. The molecule has 18 heavy (non-hydrogen) atoms. The molecule has 3 rings (SSSR count). The minimum atomic E-state index is -0.00746. The second-order valence-corrected chi connectivity index (χ2v) is 5.90. The zero-order valence-corrected chi connectivity index (χ0v) is 11.2. The summed E-state index contributed by atoms with van der Waals surface area (Å²) in [5.74, 6) is 0.246. The van der Waals surface area contributed by atoms with Gasteiger partial charge in [-0.3, -0.25) is 4.79 Å². The van der Waals surface area contributed by atoms with Crippen molar-refractivity contribution in [3.8, 4) is 0 Å². The molecule has 1 aromatic rings. The molecular weight excluding hydrogens is 248 g/mol. The molecule has 2 fully saturated rings. The van der Waals surface area contributed by atoms with E-state index in [0.717, 1.165) is 44.5 Å². The van der Waals surface area contributed by atoms with Gasteiger partial charge in [-0.2, -0.15) is 0 Å². The van der Waals surface area contributed by atoms with E-state index in [1.165, 1.54) is 0 Å². The van der Waals surface area contributed by atoms with Crippen LogP contribution in [0, 0.1) is 0 Å². The fourth-order valence-corrected chi connectivity index (χ4v) is 3.46. The number of amides is 1. The number of ether oxygens (including phenoxy) is 1. The third kappa shape index (κ3) is 2.42. The Hall–Kier alpha value is -0.940. The SMILES string of the molecule is O=C1CC[C@@]2(CCCO2)CCN1Cc1cscn1. The van der Waals surface area contributed by atoms with Gasteiger partial charge >= 0.3 is 0 Å². The van der Waals surface area contributed by atoms with E-state index in [4.69, 9.17) is 4.74 Å². The second-order valence-electron chi connectivity index (χ2n) is 5.18. The van der Waals surface area contributed by atoms with Gasteiger partial charge in [0.05, 0.1) is 23.4 Å². The highest BCUT2D eigenvalue weighted by atomic mass is 32.1. The smallest absolute Gasteiger partial charge is 0.223 e. The van der Waals surface area contributed by atoms with Gasteiger partial charge in [-0.05, 0) is 25.7 Å². The molecule has 5 heteroatoms. The van der Waals surface area contributed by atoms with Crippen LogP contribution < -0.4 is 0 Å². The molecule has 1 atom stereocenters. The second kappa shape index (κ2) is 4.97. The van der Waals surface area contributed by atoms with E-state index in [-0.39, 0.29) is 11.5 Å². The number of thiazole rings is 1. The van der Waals surface area contributed by atoms with Crippen molar-refractivity contribution in [2.75, 3.05) is 13.2 Å². The Balaban J connectivity index is 1.67. The Morgan fingerprint density at radius 2 is 2.39 bits per heavy atom. The third-order valence-corrected chi connectivity index (χ3v) is 4.64. The van der Waals surface area contributed by atoms with E-state index in [2.05, 4.69) is 4.98 Å². The van der Waals surface area contributed by atoms with Crippen LogP contribution in [0.3, 0.4) is 0 Å². The van der Waals surface area contributed by atoms with Gasteiger partial charge in [-0.25, -0.2) is 4.98 Å². The maximum atomic E-state index is 12.1. The van der Waals surface area contributed by atoms with Crippen molar-refractivity contribution in [2.24, 2.45) is 0 Å². The van der Waals surface area contributed by atoms with Crippen LogP contribution in [0.5, 0.6) is 0 Å². The third-order valence-electron chi connectivity index (χ3n) is 4.01. The molecule has 1 amide bonds. The van der Waals surface area contributed by atoms with Gasteiger partial charge in [-0.1, -0.05) is 0 Å². The van der Waals surface area contributed by atoms with E-state index in [1.807, 2.05) is 15.8 Å². The molecule has 1 aromatic heterocycles. The molecule has 98 valence electrons. The molecule has 2 saturated heterocycles. The topological polar surface area (TPSA) is 42.4 Å². The molecule has 1 spiro atoms. The first-order valence-electron chi connectivity index (χ1n) is 6.56. The Morgan fingerprint density at radius 1 is 1.44 bits per heavy atom. The number of hydrogen-bond donors (Lipinski definition) is 0. The average molecular weight is 266 g/mol. The van der Waals surface area contributed by atoms with Crippen molar-refractivity contribution in [3.63, 3.8) is 0 Å². The molecule has 0 bridgehead atoms. The van der Waals surface area contributed by atoms with Crippen LogP contribution in [0.25, 0.3) is 0 Å². The standard InChI is InChI=1S/C13H18N2O2S/c16-12-2-4-13(3-1-7-17-13)5-6-15(12)8-11-9-18-10-14-11/h9-10H,1-8H2/t13-/m0/s1. The first-order chi connectivity index (χ1) is 8.77. The van der Waals surface area contributed by atoms with Crippen molar-refractivity contribution >= 4 is 17.2 Å². The molecule has 0 N–H and O–H groups in total. The van der Waals surface area contributed by atoms with Gasteiger partial charge in [-0.15, -0.1) is 11.3 Å². The molecule has 0 unspecified atom stereocenters. The fourth-order valence-electron chi connectivity index (χ4n) is 2.91. The monoisotopic (exact) mass is 266 g/mol. The summed E-state index contributed by atoms with van der Waals surface area (Å²) in [6, 6.07) is 0. The van der Waals surface area contributed by atoms with E-state index in [0.29, 0.717) is 13.0 Å². The average Bonchev–Trinajstić information content (AvgIpc) is 3.01. The van der Waals surface area contributed by atoms with E-state index in [1.54, 1.807) is 11.3 Å². The summed E-state index contributed by atoms with van der Waals surface area (Å²) in [5, 5.41) is 2.01. The molecule has 2 aliphatic rings. The molecule has 0 aromatic carbocycles. The lowest BCUT2D eigenvalue weighted by Gasteiger charge is -2.26. The van der Waals surface area contributed by atoms with Crippen LogP contribution in [0.4, 0.5) is 0 Å². The van der Waals surface area contributed by atoms with Gasteiger partial charge in [0.2, 0.25) is 5.91 Å². The summed E-state index contributed by atoms with van der Waals surface area (Å²) in [6.07, 6.45) is 4.73. The van der Waals surface area contributed by atoms with Crippen LogP contribution >= 0.6 is 11.3 Å². The zero-order chi connectivity index (χ0) is 12.4. The van der Waals surface area contributed by atoms with Crippen molar-refractivity contribution in [1.29, 1.82) is 0 Å². The first kappa shape index (κ1) is 12.1. The normalized spacial score (nSPS) is 28.9. The van der Waals surface area contributed by atoms with Crippen molar-refractivity contribution < 1.29 is 9.53 Å². The fraction of sp³-hybridized carbons (Fsp3) is 0.692. The van der Waals surface area contributed by atoms with Crippen molar-refractivity contribution in [2.45, 2.75) is 44.2 Å². The quantitative estimate of drug-likeness (QED) is 0.824. The molecule has 4 nitrogen and oxygen atoms in total. The van der Waals surface area contributed by atoms with Crippen LogP contribution in [0.2, 0.25) is 0 Å². The van der Waals surface area contributed by atoms with E-state index < -0.39 is 0 Å². The number of likely N-dealkylation sites (tertiary alicyclic amines) is 1. The van der Waals surface area contributed by atoms with Gasteiger partial charge in [0, 0.05) is 25.0 Å². The van der Waals surface area contributed by atoms with Crippen LogP contribution in [-0.4, -0.2) is 34.5 Å². The van der Waals surface area contributed by atoms with Gasteiger partial charge in [0.1, 0.15) is 0 Å². The highest BCUT2D eigenvalue weighted by Crippen LogP contribution is 2.36. The number of rotatable bonds is 2. The highest BCUT2D eigenvalue weighted by Gasteiger charge is 2.38. The highest BCUT2D eigenvalue weighted by molar-refractivity contribution is 7.07. The maximum Gasteiger partial charge on any atom is 0.223 e. The summed E-state index contributed by atoms with van der Waals surface area (Å²) < 4.78 is 5.90. The molecule has 2 aliphatic heterocycles. The lowest BCUT2D eigenvalue weighted by molar-refractivity contribution is -0.131. The number of nitrogens with zero attached hydrogens (tertiary/aromatic N) is 2. The summed E-state index contributed by atoms with van der Waals surface area (Å²) in [7, 11) is 0. The lowest BCUT2D eigenvalue weighted by atomic mass is 9.92. The van der Waals surface area contributed by atoms with Gasteiger partial charge < -0.3 is 9.64 Å². The van der Waals surface area contributed by atoms with Crippen LogP contribution in [-0.2, 0) is 16.1 Å². The molecular formula is C13H18N2O2S. The minimum absolute atomic E-state index is 0.00746.